The van der Waals surface area contributed by atoms with Gasteiger partial charge in [-0.3, -0.25) is 4.79 Å². The highest BCUT2D eigenvalue weighted by atomic mass is 32.1. The smallest absolute Gasteiger partial charge is 0.305 e. The van der Waals surface area contributed by atoms with Crippen molar-refractivity contribution in [2.24, 2.45) is 0 Å². The molecule has 1 N–H and O–H groups in total. The Balaban J connectivity index is 2.73. The first-order valence-corrected chi connectivity index (χ1v) is 6.45. The highest BCUT2D eigenvalue weighted by molar-refractivity contribution is 7.13. The Morgan fingerprint density at radius 3 is 2.88 bits per heavy atom. The molecule has 0 bridgehead atoms. The molecule has 17 heavy (non-hydrogen) atoms. The van der Waals surface area contributed by atoms with Crippen LogP contribution in [-0.4, -0.2) is 29.1 Å². The fraction of sp³-hybridized carbons (Fsp3) is 0.500. The summed E-state index contributed by atoms with van der Waals surface area (Å²) in [4.78, 5) is 17.0. The molecule has 5 heteroatoms. The number of carboxylic acids is 1. The van der Waals surface area contributed by atoms with Crippen molar-refractivity contribution in [2.45, 2.75) is 26.2 Å². The minimum Gasteiger partial charge on any atom is -0.481 e. The standard InChI is InChI=1S/C12H18N2O2S/c1-4-6-14(7-5-11(15)16)12-13-10(8-17-12)9(2)3/h4,8-9H,1,5-7H2,2-3H3,(H,15,16). The Hall–Kier alpha value is -1.36. The molecule has 0 radical (unpaired) electrons. The summed E-state index contributed by atoms with van der Waals surface area (Å²) in [6, 6.07) is 0. The van der Waals surface area contributed by atoms with Gasteiger partial charge in [0.05, 0.1) is 12.1 Å². The number of rotatable bonds is 7. The SMILES string of the molecule is C=CCN(CCC(=O)O)c1nc(C(C)C)cs1. The summed E-state index contributed by atoms with van der Waals surface area (Å²) in [7, 11) is 0. The van der Waals surface area contributed by atoms with Crippen LogP contribution in [0, 0.1) is 0 Å². The number of thiazole rings is 1. The van der Waals surface area contributed by atoms with E-state index in [1.807, 2.05) is 10.3 Å². The van der Waals surface area contributed by atoms with E-state index in [-0.39, 0.29) is 6.42 Å². The number of aliphatic carboxylic acids is 1. The van der Waals surface area contributed by atoms with Gasteiger partial charge in [-0.15, -0.1) is 17.9 Å². The Morgan fingerprint density at radius 1 is 1.71 bits per heavy atom. The van der Waals surface area contributed by atoms with E-state index in [1.165, 1.54) is 0 Å². The van der Waals surface area contributed by atoms with Gasteiger partial charge < -0.3 is 10.0 Å². The second-order valence-corrected chi connectivity index (χ2v) is 4.92. The van der Waals surface area contributed by atoms with E-state index >= 15 is 0 Å². The van der Waals surface area contributed by atoms with E-state index in [0.717, 1.165) is 10.8 Å². The molecule has 1 aromatic rings. The van der Waals surface area contributed by atoms with Gasteiger partial charge >= 0.3 is 5.97 Å². The lowest BCUT2D eigenvalue weighted by atomic mass is 10.2. The zero-order chi connectivity index (χ0) is 12.8. The summed E-state index contributed by atoms with van der Waals surface area (Å²) in [5.74, 6) is -0.398. The van der Waals surface area contributed by atoms with Crippen molar-refractivity contribution in [3.63, 3.8) is 0 Å². The highest BCUT2D eigenvalue weighted by Gasteiger charge is 2.12. The molecule has 0 aliphatic heterocycles. The minimum atomic E-state index is -0.792. The number of carbonyl (C=O) groups is 1. The lowest BCUT2D eigenvalue weighted by molar-refractivity contribution is -0.136. The summed E-state index contributed by atoms with van der Waals surface area (Å²) in [6.07, 6.45) is 1.88. The number of hydrogen-bond donors (Lipinski definition) is 1. The second-order valence-electron chi connectivity index (χ2n) is 4.09. The van der Waals surface area contributed by atoms with Crippen molar-refractivity contribution in [3.8, 4) is 0 Å². The van der Waals surface area contributed by atoms with Crippen LogP contribution in [0.15, 0.2) is 18.0 Å². The number of hydrogen-bond acceptors (Lipinski definition) is 4. The minimum absolute atomic E-state index is 0.116. The van der Waals surface area contributed by atoms with Gasteiger partial charge in [-0.2, -0.15) is 0 Å². The van der Waals surface area contributed by atoms with Crippen LogP contribution in [0.2, 0.25) is 0 Å². The molecule has 0 spiro atoms. The lowest BCUT2D eigenvalue weighted by Gasteiger charge is -2.18. The molecule has 0 saturated heterocycles. The average molecular weight is 254 g/mol. The maximum absolute atomic E-state index is 10.6. The number of carboxylic acid groups (broad SMARTS) is 1. The largest absolute Gasteiger partial charge is 0.481 e. The van der Waals surface area contributed by atoms with E-state index in [1.54, 1.807) is 17.4 Å². The van der Waals surface area contributed by atoms with Gasteiger partial charge in [0.15, 0.2) is 5.13 Å². The molecule has 0 saturated carbocycles. The fourth-order valence-corrected chi connectivity index (χ4v) is 2.36. The molecule has 1 aromatic heterocycles. The van der Waals surface area contributed by atoms with Gasteiger partial charge in [-0.1, -0.05) is 19.9 Å². The normalized spacial score (nSPS) is 10.5. The van der Waals surface area contributed by atoms with Crippen LogP contribution >= 0.6 is 11.3 Å². The van der Waals surface area contributed by atoms with Gasteiger partial charge in [-0.05, 0) is 5.92 Å². The Bertz CT molecular complexity index is 388. The molecule has 0 unspecified atom stereocenters. The van der Waals surface area contributed by atoms with Gasteiger partial charge in [-0.25, -0.2) is 4.98 Å². The van der Waals surface area contributed by atoms with E-state index in [2.05, 4.69) is 25.4 Å². The summed E-state index contributed by atoms with van der Waals surface area (Å²) >= 11 is 1.55. The van der Waals surface area contributed by atoms with Crippen LogP contribution in [0.4, 0.5) is 5.13 Å². The molecule has 1 heterocycles. The summed E-state index contributed by atoms with van der Waals surface area (Å²) in [5.41, 5.74) is 1.05. The maximum Gasteiger partial charge on any atom is 0.305 e. The van der Waals surface area contributed by atoms with Crippen molar-refractivity contribution < 1.29 is 9.90 Å². The van der Waals surface area contributed by atoms with Gasteiger partial charge in [0.2, 0.25) is 0 Å². The van der Waals surface area contributed by atoms with Crippen molar-refractivity contribution in [1.29, 1.82) is 0 Å². The highest BCUT2D eigenvalue weighted by Crippen LogP contribution is 2.24. The number of nitrogens with zero attached hydrogens (tertiary/aromatic N) is 2. The molecular formula is C12H18N2O2S. The zero-order valence-electron chi connectivity index (χ0n) is 10.2. The molecule has 0 amide bonds. The predicted octanol–water partition coefficient (Wildman–Crippen LogP) is 2.73. The molecule has 0 aromatic carbocycles. The van der Waals surface area contributed by atoms with Crippen LogP contribution in [0.1, 0.15) is 31.9 Å². The molecule has 4 nitrogen and oxygen atoms in total. The third kappa shape index (κ3) is 4.19. The Kier molecular flexibility index (Phi) is 5.15. The molecule has 0 aliphatic carbocycles. The van der Waals surface area contributed by atoms with Crippen LogP contribution < -0.4 is 4.90 Å². The summed E-state index contributed by atoms with van der Waals surface area (Å²) in [5, 5.41) is 11.6. The predicted molar refractivity (Wildman–Crippen MR) is 70.9 cm³/mol. The third-order valence-corrected chi connectivity index (χ3v) is 3.24. The van der Waals surface area contributed by atoms with Crippen molar-refractivity contribution >= 4 is 22.4 Å². The van der Waals surface area contributed by atoms with E-state index in [9.17, 15) is 4.79 Å². The van der Waals surface area contributed by atoms with Gasteiger partial charge in [0, 0.05) is 18.5 Å². The first-order valence-electron chi connectivity index (χ1n) is 5.57. The first kappa shape index (κ1) is 13.7. The maximum atomic E-state index is 10.6. The number of anilines is 1. The molecular weight excluding hydrogens is 236 g/mol. The molecule has 0 atom stereocenters. The molecule has 1 rings (SSSR count). The van der Waals surface area contributed by atoms with Crippen LogP contribution in [0.25, 0.3) is 0 Å². The monoisotopic (exact) mass is 254 g/mol. The quantitative estimate of drug-likeness (QED) is 0.760. The Morgan fingerprint density at radius 2 is 2.41 bits per heavy atom. The first-order chi connectivity index (χ1) is 8.04. The summed E-state index contributed by atoms with van der Waals surface area (Å²) in [6.45, 7) is 8.95. The fourth-order valence-electron chi connectivity index (χ4n) is 1.34. The van der Waals surface area contributed by atoms with Crippen molar-refractivity contribution in [3.05, 3.63) is 23.7 Å². The topological polar surface area (TPSA) is 53.4 Å². The van der Waals surface area contributed by atoms with Gasteiger partial charge in [0.25, 0.3) is 0 Å². The van der Waals surface area contributed by atoms with Gasteiger partial charge in [0.1, 0.15) is 0 Å². The summed E-state index contributed by atoms with van der Waals surface area (Å²) < 4.78 is 0. The van der Waals surface area contributed by atoms with Crippen LogP contribution in [0.5, 0.6) is 0 Å². The van der Waals surface area contributed by atoms with Crippen LogP contribution in [-0.2, 0) is 4.79 Å². The number of aromatic nitrogens is 1. The lowest BCUT2D eigenvalue weighted by Crippen LogP contribution is -2.26. The van der Waals surface area contributed by atoms with E-state index in [0.29, 0.717) is 19.0 Å². The van der Waals surface area contributed by atoms with Crippen LogP contribution in [0.3, 0.4) is 0 Å². The molecule has 0 aliphatic rings. The van der Waals surface area contributed by atoms with Crippen molar-refractivity contribution in [1.82, 2.24) is 4.98 Å². The van der Waals surface area contributed by atoms with E-state index < -0.39 is 5.97 Å². The second kappa shape index (κ2) is 6.39. The zero-order valence-corrected chi connectivity index (χ0v) is 11.0. The average Bonchev–Trinajstić information content (AvgIpc) is 2.73. The molecule has 0 fully saturated rings. The molecule has 94 valence electrons. The Labute approximate surface area is 106 Å². The third-order valence-electron chi connectivity index (χ3n) is 2.32. The van der Waals surface area contributed by atoms with E-state index in [4.69, 9.17) is 5.11 Å². The van der Waals surface area contributed by atoms with Crippen molar-refractivity contribution in [2.75, 3.05) is 18.0 Å².